The zero-order valence-electron chi connectivity index (χ0n) is 46.2. The molecular formula is C73H66N2OSi2. The number of anilines is 6. The SMILES string of the molecule is C[SiH2]c1ccc(N(c2ccc(C(C)(C)C)cc2)c2ccc3c4c(c5ccccc5c3c2)-c2c(cc(N(c3ccc([SiH2]C)cc3)c3ccc(C(C)(C)C)cc3)c3c2oc2ccccc23)C4(c2ccccc2)c2ccccc2)cc1. The molecule has 0 saturated carbocycles. The molecule has 13 rings (SSSR count). The van der Waals surface area contributed by atoms with E-state index in [9.17, 15) is 0 Å². The third kappa shape index (κ3) is 7.97. The van der Waals surface area contributed by atoms with E-state index in [0.29, 0.717) is 0 Å². The fourth-order valence-corrected chi connectivity index (χ4v) is 14.1. The van der Waals surface area contributed by atoms with E-state index in [-0.39, 0.29) is 29.9 Å². The van der Waals surface area contributed by atoms with Gasteiger partial charge in [-0.25, -0.2) is 0 Å². The molecule has 1 aliphatic carbocycles. The Labute approximate surface area is 464 Å². The minimum atomic E-state index is -0.791. The summed E-state index contributed by atoms with van der Waals surface area (Å²) in [5, 5.41) is 9.93. The molecule has 1 aromatic heterocycles. The highest BCUT2D eigenvalue weighted by Gasteiger charge is 2.50. The van der Waals surface area contributed by atoms with Crippen LogP contribution in [0.15, 0.2) is 235 Å². The highest BCUT2D eigenvalue weighted by molar-refractivity contribution is 6.52. The Morgan fingerprint density at radius 1 is 0.385 bits per heavy atom. The van der Waals surface area contributed by atoms with Crippen molar-refractivity contribution in [1.82, 2.24) is 0 Å². The largest absolute Gasteiger partial charge is 0.455 e. The maximum absolute atomic E-state index is 7.51. The van der Waals surface area contributed by atoms with Gasteiger partial charge in [-0.3, -0.25) is 0 Å². The summed E-state index contributed by atoms with van der Waals surface area (Å²) in [7, 11) is -0.696. The van der Waals surface area contributed by atoms with Crippen LogP contribution >= 0.6 is 0 Å². The van der Waals surface area contributed by atoms with Gasteiger partial charge in [-0.15, -0.1) is 0 Å². The summed E-state index contributed by atoms with van der Waals surface area (Å²) in [5.74, 6) is 0. The van der Waals surface area contributed by atoms with Crippen molar-refractivity contribution in [2.24, 2.45) is 0 Å². The Kier molecular flexibility index (Phi) is 12.1. The molecular weight excluding hydrogens is 977 g/mol. The lowest BCUT2D eigenvalue weighted by molar-refractivity contribution is 0.590. The van der Waals surface area contributed by atoms with Crippen LogP contribution in [0.1, 0.15) is 74.9 Å². The summed E-state index contributed by atoms with van der Waals surface area (Å²) in [5.41, 5.74) is 17.6. The average molecular weight is 1040 g/mol. The van der Waals surface area contributed by atoms with Gasteiger partial charge in [0.15, 0.2) is 0 Å². The Bertz CT molecular complexity index is 4170. The van der Waals surface area contributed by atoms with E-state index in [0.717, 1.165) is 61.6 Å². The molecule has 0 spiro atoms. The summed E-state index contributed by atoms with van der Waals surface area (Å²) in [6.45, 7) is 18.5. The predicted molar refractivity (Wildman–Crippen MR) is 341 cm³/mol. The van der Waals surface area contributed by atoms with Crippen LogP contribution in [0.5, 0.6) is 0 Å². The van der Waals surface area contributed by atoms with Crippen LogP contribution in [0.25, 0.3) is 54.6 Å². The normalized spacial score (nSPS) is 13.4. The molecule has 78 heavy (non-hydrogen) atoms. The van der Waals surface area contributed by atoms with Crippen LogP contribution in [-0.2, 0) is 16.2 Å². The second kappa shape index (κ2) is 19.0. The Morgan fingerprint density at radius 2 is 0.833 bits per heavy atom. The molecule has 0 saturated heterocycles. The topological polar surface area (TPSA) is 19.6 Å². The van der Waals surface area contributed by atoms with E-state index in [1.54, 1.807) is 0 Å². The van der Waals surface area contributed by atoms with Crippen LogP contribution in [0.3, 0.4) is 0 Å². The fourth-order valence-electron chi connectivity index (χ4n) is 12.7. The molecule has 0 bridgehead atoms. The van der Waals surface area contributed by atoms with Gasteiger partial charge in [0.1, 0.15) is 11.2 Å². The van der Waals surface area contributed by atoms with Crippen molar-refractivity contribution in [2.45, 2.75) is 70.9 Å². The number of rotatable bonds is 10. The lowest BCUT2D eigenvalue weighted by atomic mass is 9.66. The minimum Gasteiger partial charge on any atom is -0.455 e. The van der Waals surface area contributed by atoms with Gasteiger partial charge < -0.3 is 14.2 Å². The first kappa shape index (κ1) is 49.4. The van der Waals surface area contributed by atoms with Gasteiger partial charge >= 0.3 is 0 Å². The van der Waals surface area contributed by atoms with Gasteiger partial charge in [0, 0.05) is 39.4 Å². The van der Waals surface area contributed by atoms with Gasteiger partial charge in [0.2, 0.25) is 0 Å². The monoisotopic (exact) mass is 1040 g/mol. The maximum Gasteiger partial charge on any atom is 0.145 e. The number of furan rings is 1. The second-order valence-electron chi connectivity index (χ2n) is 23.4. The molecule has 0 amide bonds. The third-order valence-corrected chi connectivity index (χ3v) is 19.3. The lowest BCUT2D eigenvalue weighted by Crippen LogP contribution is -2.29. The number of fused-ring (bicyclic) bond motifs is 12. The van der Waals surface area contributed by atoms with E-state index in [4.69, 9.17) is 4.42 Å². The number of para-hydroxylation sites is 1. The van der Waals surface area contributed by atoms with E-state index in [2.05, 4.69) is 295 Å². The highest BCUT2D eigenvalue weighted by Crippen LogP contribution is 2.64. The zero-order valence-corrected chi connectivity index (χ0v) is 49.0. The van der Waals surface area contributed by atoms with E-state index in [1.165, 1.54) is 70.9 Å². The summed E-state index contributed by atoms with van der Waals surface area (Å²) in [4.78, 5) is 4.95. The number of benzene rings is 11. The summed E-state index contributed by atoms with van der Waals surface area (Å²) in [6, 6.07) is 87.4. The first-order valence-electron chi connectivity index (χ1n) is 27.9. The summed E-state index contributed by atoms with van der Waals surface area (Å²) in [6.07, 6.45) is 0. The van der Waals surface area contributed by atoms with Gasteiger partial charge in [0.25, 0.3) is 0 Å². The number of hydrogen-bond acceptors (Lipinski definition) is 3. The van der Waals surface area contributed by atoms with Gasteiger partial charge in [-0.05, 0) is 144 Å². The van der Waals surface area contributed by atoms with Crippen molar-refractivity contribution in [1.29, 1.82) is 0 Å². The minimum absolute atomic E-state index is 0.00106. The maximum atomic E-state index is 7.51. The van der Waals surface area contributed by atoms with Crippen molar-refractivity contribution in [2.75, 3.05) is 9.80 Å². The molecule has 11 aromatic carbocycles. The third-order valence-electron chi connectivity index (χ3n) is 16.8. The van der Waals surface area contributed by atoms with Gasteiger partial charge in [0.05, 0.1) is 35.5 Å². The first-order chi connectivity index (χ1) is 37.9. The molecule has 0 unspecified atom stereocenters. The van der Waals surface area contributed by atoms with E-state index >= 15 is 0 Å². The molecule has 0 N–H and O–H groups in total. The van der Waals surface area contributed by atoms with Crippen molar-refractivity contribution in [3.8, 4) is 11.1 Å². The lowest BCUT2D eigenvalue weighted by Gasteiger charge is -2.36. The first-order valence-corrected chi connectivity index (χ1v) is 32.2. The van der Waals surface area contributed by atoms with Gasteiger partial charge in [-0.2, -0.15) is 0 Å². The quantitative estimate of drug-likeness (QED) is 0.101. The standard InChI is InChI=1S/C73H66N2OSi2/c1-71(2,3)47-27-31-51(32-28-47)74(52-35-40-56(77-7)41-36-52)55-39-44-60-62(45-55)58-23-15-16-24-59(58)67-68-63(73(69(60)67,49-19-11-9-12-20-49)50-21-13-10-14-22-50)46-64(66-61-25-17-18-26-65(61)76-70(66)68)75(54-37-42-57(78-8)43-38-54)53-33-29-48(30-34-53)72(4,5)6/h9-46H,77-78H2,1-8H3. The Morgan fingerprint density at radius 3 is 1.35 bits per heavy atom. The molecule has 0 aliphatic heterocycles. The number of hydrogen-bond donors (Lipinski definition) is 0. The smallest absolute Gasteiger partial charge is 0.145 e. The second-order valence-corrected chi connectivity index (χ2v) is 26.5. The number of nitrogens with zero attached hydrogens (tertiary/aromatic N) is 2. The molecule has 1 heterocycles. The Balaban J connectivity index is 1.17. The zero-order chi connectivity index (χ0) is 53.5. The molecule has 0 fully saturated rings. The van der Waals surface area contributed by atoms with Gasteiger partial charge in [-0.1, -0.05) is 223 Å². The molecule has 382 valence electrons. The fraction of sp³-hybridized carbons (Fsp3) is 0.151. The Hall–Kier alpha value is -8.23. The van der Waals surface area contributed by atoms with Crippen LogP contribution in [0.2, 0.25) is 13.1 Å². The molecule has 5 heteroatoms. The molecule has 3 nitrogen and oxygen atoms in total. The summed E-state index contributed by atoms with van der Waals surface area (Å²) >= 11 is 0. The van der Waals surface area contributed by atoms with Crippen molar-refractivity contribution in [3.05, 3.63) is 264 Å². The average Bonchev–Trinajstić information content (AvgIpc) is 2.93. The van der Waals surface area contributed by atoms with Crippen molar-refractivity contribution < 1.29 is 4.42 Å². The van der Waals surface area contributed by atoms with E-state index in [1.807, 2.05) is 0 Å². The molecule has 12 aromatic rings. The molecule has 0 radical (unpaired) electrons. The van der Waals surface area contributed by atoms with Crippen molar-refractivity contribution >= 4 is 107 Å². The van der Waals surface area contributed by atoms with Crippen LogP contribution in [0, 0.1) is 0 Å². The van der Waals surface area contributed by atoms with Crippen LogP contribution in [-0.4, -0.2) is 19.0 Å². The van der Waals surface area contributed by atoms with Crippen LogP contribution in [0.4, 0.5) is 34.1 Å². The highest BCUT2D eigenvalue weighted by atomic mass is 28.2. The molecule has 0 atom stereocenters. The predicted octanol–water partition coefficient (Wildman–Crippen LogP) is 17.5. The van der Waals surface area contributed by atoms with Crippen molar-refractivity contribution in [3.63, 3.8) is 0 Å². The molecule has 1 aliphatic rings. The summed E-state index contributed by atoms with van der Waals surface area (Å²) < 4.78 is 7.51. The van der Waals surface area contributed by atoms with Crippen LogP contribution < -0.4 is 20.2 Å². The van der Waals surface area contributed by atoms with E-state index < -0.39 is 5.41 Å².